The molecule has 2 fully saturated rings. The van der Waals surface area contributed by atoms with Gasteiger partial charge in [0.1, 0.15) is 16.3 Å². The first-order valence-electron chi connectivity index (χ1n) is 7.73. The van der Waals surface area contributed by atoms with Crippen LogP contribution in [0.25, 0.3) is 0 Å². The summed E-state index contributed by atoms with van der Waals surface area (Å²) in [6, 6.07) is 0.569. The third kappa shape index (κ3) is 3.20. The van der Waals surface area contributed by atoms with Crippen LogP contribution in [0, 0.1) is 17.5 Å². The van der Waals surface area contributed by atoms with Crippen molar-refractivity contribution in [3.63, 3.8) is 0 Å². The number of amides is 1. The standard InChI is InChI=1S/C15H17F3N2O4S/c1-19-9-15(24-14(19)21)3-2-5-20(6-4-15)25(22,23)13-8-11(17)10(16)7-12(13)18/h7-8H,2-6,9H2,1H3/t15-/m0/s1. The number of halogens is 3. The third-order valence-electron chi connectivity index (χ3n) is 4.59. The Morgan fingerprint density at radius 2 is 1.76 bits per heavy atom. The first-order chi connectivity index (χ1) is 11.6. The van der Waals surface area contributed by atoms with Gasteiger partial charge in [0.15, 0.2) is 11.6 Å². The number of carbonyl (C=O) groups excluding carboxylic acids is 1. The van der Waals surface area contributed by atoms with Gasteiger partial charge in [-0.05, 0) is 18.9 Å². The summed E-state index contributed by atoms with van der Waals surface area (Å²) >= 11 is 0. The number of rotatable bonds is 2. The highest BCUT2D eigenvalue weighted by molar-refractivity contribution is 7.89. The fourth-order valence-electron chi connectivity index (χ4n) is 3.28. The zero-order valence-corrected chi connectivity index (χ0v) is 14.3. The van der Waals surface area contributed by atoms with Crippen LogP contribution >= 0.6 is 0 Å². The highest BCUT2D eigenvalue weighted by atomic mass is 32.2. The molecule has 0 radical (unpaired) electrons. The highest BCUT2D eigenvalue weighted by Gasteiger charge is 2.45. The molecule has 1 aromatic carbocycles. The summed E-state index contributed by atoms with van der Waals surface area (Å²) in [4.78, 5) is 12.1. The minimum absolute atomic E-state index is 0.0120. The van der Waals surface area contributed by atoms with E-state index in [9.17, 15) is 26.4 Å². The normalized spacial score (nSPS) is 25.3. The average molecular weight is 378 g/mol. The fourth-order valence-corrected chi connectivity index (χ4v) is 4.81. The molecule has 0 aliphatic carbocycles. The molecule has 6 nitrogen and oxygen atoms in total. The van der Waals surface area contributed by atoms with Gasteiger partial charge in [0.05, 0.1) is 6.54 Å². The molecule has 10 heteroatoms. The van der Waals surface area contributed by atoms with E-state index in [1.54, 1.807) is 7.05 Å². The Bertz CT molecular complexity index is 817. The second kappa shape index (κ2) is 6.17. The maximum atomic E-state index is 13.9. The Kier molecular flexibility index (Phi) is 4.44. The number of ether oxygens (including phenoxy) is 1. The molecule has 25 heavy (non-hydrogen) atoms. The van der Waals surface area contributed by atoms with E-state index in [0.29, 0.717) is 25.5 Å². The molecular formula is C15H17F3N2O4S. The van der Waals surface area contributed by atoms with Gasteiger partial charge in [-0.3, -0.25) is 0 Å². The second-order valence-electron chi connectivity index (χ2n) is 6.36. The number of nitrogens with zero attached hydrogens (tertiary/aromatic N) is 2. The van der Waals surface area contributed by atoms with E-state index >= 15 is 0 Å². The molecule has 0 bridgehead atoms. The van der Waals surface area contributed by atoms with Gasteiger partial charge in [-0.1, -0.05) is 0 Å². The quantitative estimate of drug-likeness (QED) is 0.740. The Morgan fingerprint density at radius 3 is 2.40 bits per heavy atom. The second-order valence-corrected chi connectivity index (χ2v) is 8.27. The van der Waals surface area contributed by atoms with E-state index < -0.39 is 44.1 Å². The highest BCUT2D eigenvalue weighted by Crippen LogP contribution is 2.34. The number of sulfonamides is 1. The lowest BCUT2D eigenvalue weighted by Gasteiger charge is -2.25. The largest absolute Gasteiger partial charge is 0.441 e. The monoisotopic (exact) mass is 378 g/mol. The lowest BCUT2D eigenvalue weighted by molar-refractivity contribution is 0.0460. The molecule has 0 aromatic heterocycles. The third-order valence-corrected chi connectivity index (χ3v) is 6.50. The van der Waals surface area contributed by atoms with Gasteiger partial charge in [0, 0.05) is 32.6 Å². The SMILES string of the molecule is CN1C[C@@]2(CCCN(S(=O)(=O)c3cc(F)c(F)cc3F)CC2)OC1=O. The predicted molar refractivity (Wildman–Crippen MR) is 80.8 cm³/mol. The van der Waals surface area contributed by atoms with Crippen LogP contribution in [0.1, 0.15) is 19.3 Å². The molecule has 138 valence electrons. The van der Waals surface area contributed by atoms with Crippen LogP contribution in [-0.4, -0.2) is 56.0 Å². The summed E-state index contributed by atoms with van der Waals surface area (Å²) in [6.45, 7) is 0.408. The van der Waals surface area contributed by atoms with Crippen LogP contribution in [0.15, 0.2) is 17.0 Å². The molecule has 2 heterocycles. The molecular weight excluding hydrogens is 361 g/mol. The molecule has 3 rings (SSSR count). The number of likely N-dealkylation sites (N-methyl/N-ethyl adjacent to an activating group) is 1. The summed E-state index contributed by atoms with van der Waals surface area (Å²) in [6.07, 6.45) is 0.636. The maximum absolute atomic E-state index is 13.9. The summed E-state index contributed by atoms with van der Waals surface area (Å²) < 4.78 is 72.0. The van der Waals surface area contributed by atoms with Crippen LogP contribution in [0.3, 0.4) is 0 Å². The summed E-state index contributed by atoms with van der Waals surface area (Å²) in [5.74, 6) is -4.23. The summed E-state index contributed by atoms with van der Waals surface area (Å²) in [5.41, 5.74) is -0.775. The van der Waals surface area contributed by atoms with Crippen molar-refractivity contribution in [2.45, 2.75) is 29.8 Å². The van der Waals surface area contributed by atoms with Crippen LogP contribution in [0.4, 0.5) is 18.0 Å². The minimum atomic E-state index is -4.33. The molecule has 2 aliphatic heterocycles. The Hall–Kier alpha value is -1.81. The van der Waals surface area contributed by atoms with Gasteiger partial charge >= 0.3 is 6.09 Å². The fraction of sp³-hybridized carbons (Fsp3) is 0.533. The number of carbonyl (C=O) groups is 1. The molecule has 2 saturated heterocycles. The minimum Gasteiger partial charge on any atom is -0.441 e. The van der Waals surface area contributed by atoms with Gasteiger partial charge in [0.2, 0.25) is 10.0 Å². The van der Waals surface area contributed by atoms with Gasteiger partial charge in [-0.25, -0.2) is 26.4 Å². The smallest absolute Gasteiger partial charge is 0.410 e. The van der Waals surface area contributed by atoms with E-state index in [1.165, 1.54) is 4.90 Å². The molecule has 0 N–H and O–H groups in total. The molecule has 1 aromatic rings. The van der Waals surface area contributed by atoms with Gasteiger partial charge in [-0.2, -0.15) is 4.31 Å². The number of benzene rings is 1. The first-order valence-corrected chi connectivity index (χ1v) is 9.17. The van der Waals surface area contributed by atoms with Gasteiger partial charge in [-0.15, -0.1) is 0 Å². The molecule has 1 spiro atoms. The van der Waals surface area contributed by atoms with Crippen molar-refractivity contribution >= 4 is 16.1 Å². The van der Waals surface area contributed by atoms with Crippen molar-refractivity contribution in [3.05, 3.63) is 29.6 Å². The Labute approximate surface area is 143 Å². The predicted octanol–water partition coefficient (Wildman–Crippen LogP) is 2.10. The lowest BCUT2D eigenvalue weighted by atomic mass is 9.95. The molecule has 1 atom stereocenters. The van der Waals surface area contributed by atoms with Crippen molar-refractivity contribution in [1.29, 1.82) is 0 Å². The van der Waals surface area contributed by atoms with Crippen molar-refractivity contribution in [1.82, 2.24) is 9.21 Å². The van der Waals surface area contributed by atoms with Crippen molar-refractivity contribution in [2.75, 3.05) is 26.7 Å². The molecule has 0 unspecified atom stereocenters. The van der Waals surface area contributed by atoms with Gasteiger partial charge in [0.25, 0.3) is 0 Å². The molecule has 2 aliphatic rings. The summed E-state index contributed by atoms with van der Waals surface area (Å²) in [5, 5.41) is 0. The van der Waals surface area contributed by atoms with Crippen LogP contribution in [-0.2, 0) is 14.8 Å². The maximum Gasteiger partial charge on any atom is 0.410 e. The topological polar surface area (TPSA) is 66.9 Å². The van der Waals surface area contributed by atoms with Crippen LogP contribution < -0.4 is 0 Å². The zero-order valence-electron chi connectivity index (χ0n) is 13.5. The van der Waals surface area contributed by atoms with E-state index in [2.05, 4.69) is 0 Å². The molecule has 1 amide bonds. The Morgan fingerprint density at radius 1 is 1.08 bits per heavy atom. The number of hydrogen-bond acceptors (Lipinski definition) is 4. The van der Waals surface area contributed by atoms with E-state index in [-0.39, 0.29) is 25.6 Å². The van der Waals surface area contributed by atoms with Crippen molar-refractivity contribution < 1.29 is 31.1 Å². The average Bonchev–Trinajstić information content (AvgIpc) is 2.69. The lowest BCUT2D eigenvalue weighted by Crippen LogP contribution is -2.37. The van der Waals surface area contributed by atoms with E-state index in [1.807, 2.05) is 0 Å². The number of hydrogen-bond donors (Lipinski definition) is 0. The van der Waals surface area contributed by atoms with E-state index in [0.717, 1.165) is 4.31 Å². The Balaban J connectivity index is 1.85. The van der Waals surface area contributed by atoms with Gasteiger partial charge < -0.3 is 9.64 Å². The van der Waals surface area contributed by atoms with E-state index in [4.69, 9.17) is 4.74 Å². The van der Waals surface area contributed by atoms with Crippen molar-refractivity contribution in [2.24, 2.45) is 0 Å². The first kappa shape index (κ1) is 18.0. The van der Waals surface area contributed by atoms with Crippen LogP contribution in [0.5, 0.6) is 0 Å². The molecule has 0 saturated carbocycles. The summed E-state index contributed by atoms with van der Waals surface area (Å²) in [7, 11) is -2.74. The zero-order chi connectivity index (χ0) is 18.4. The van der Waals surface area contributed by atoms with Crippen molar-refractivity contribution in [3.8, 4) is 0 Å². The van der Waals surface area contributed by atoms with Crippen LogP contribution in [0.2, 0.25) is 0 Å².